The summed E-state index contributed by atoms with van der Waals surface area (Å²) >= 11 is 3.48. The fraction of sp³-hybridized carbons (Fsp3) is 0.615. The number of pyridine rings is 1. The zero-order chi connectivity index (χ0) is 13.5. The number of halogens is 1. The fourth-order valence-electron chi connectivity index (χ4n) is 1.66. The Kier molecular flexibility index (Phi) is 6.60. The summed E-state index contributed by atoms with van der Waals surface area (Å²) in [7, 11) is 6.26. The van der Waals surface area contributed by atoms with Crippen molar-refractivity contribution in [2.75, 3.05) is 45.7 Å². The van der Waals surface area contributed by atoms with Crippen LogP contribution in [0.15, 0.2) is 16.7 Å². The monoisotopic (exact) mass is 314 g/mol. The van der Waals surface area contributed by atoms with E-state index in [4.69, 9.17) is 0 Å². The lowest BCUT2D eigenvalue weighted by Crippen LogP contribution is -2.30. The van der Waals surface area contributed by atoms with Crippen molar-refractivity contribution in [3.05, 3.63) is 22.3 Å². The number of nitrogens with one attached hydrogen (secondary N) is 1. The number of likely N-dealkylation sites (N-methyl/N-ethyl adjacent to an activating group) is 2. The van der Waals surface area contributed by atoms with E-state index in [0.717, 1.165) is 36.5 Å². The van der Waals surface area contributed by atoms with Gasteiger partial charge in [-0.25, -0.2) is 4.98 Å². The molecule has 0 saturated carbocycles. The van der Waals surface area contributed by atoms with Crippen molar-refractivity contribution in [1.29, 1.82) is 0 Å². The second-order valence-corrected chi connectivity index (χ2v) is 5.56. The molecular formula is C13H23BrN4. The molecule has 0 fully saturated rings. The van der Waals surface area contributed by atoms with Gasteiger partial charge in [0.15, 0.2) is 0 Å². The van der Waals surface area contributed by atoms with Gasteiger partial charge in [0.1, 0.15) is 5.82 Å². The molecule has 1 aromatic rings. The molecule has 0 aliphatic carbocycles. The molecule has 1 rings (SSSR count). The highest BCUT2D eigenvalue weighted by molar-refractivity contribution is 9.10. The lowest BCUT2D eigenvalue weighted by Gasteiger charge is -2.23. The molecule has 5 heteroatoms. The van der Waals surface area contributed by atoms with Crippen molar-refractivity contribution in [3.63, 3.8) is 0 Å². The molecule has 0 atom stereocenters. The lowest BCUT2D eigenvalue weighted by molar-refractivity contribution is 0.416. The van der Waals surface area contributed by atoms with Gasteiger partial charge in [0.2, 0.25) is 0 Å². The number of rotatable bonds is 7. The summed E-state index contributed by atoms with van der Waals surface area (Å²) in [4.78, 5) is 8.92. The van der Waals surface area contributed by atoms with E-state index < -0.39 is 0 Å². The first-order chi connectivity index (χ1) is 8.54. The maximum absolute atomic E-state index is 4.53. The summed E-state index contributed by atoms with van der Waals surface area (Å²) in [6.45, 7) is 5.93. The number of anilines is 1. The lowest BCUT2D eigenvalue weighted by atomic mass is 10.2. The zero-order valence-electron chi connectivity index (χ0n) is 11.7. The SMILES string of the molecule is CCNCc1cc(Br)cnc1N(C)CCN(C)C. The van der Waals surface area contributed by atoms with E-state index in [9.17, 15) is 0 Å². The Morgan fingerprint density at radius 1 is 1.28 bits per heavy atom. The van der Waals surface area contributed by atoms with Crippen LogP contribution in [0.1, 0.15) is 12.5 Å². The van der Waals surface area contributed by atoms with E-state index in [0.29, 0.717) is 0 Å². The highest BCUT2D eigenvalue weighted by atomic mass is 79.9. The van der Waals surface area contributed by atoms with Crippen molar-refractivity contribution < 1.29 is 0 Å². The minimum Gasteiger partial charge on any atom is -0.358 e. The highest BCUT2D eigenvalue weighted by Crippen LogP contribution is 2.20. The first-order valence-corrected chi connectivity index (χ1v) is 7.05. The Labute approximate surface area is 119 Å². The van der Waals surface area contributed by atoms with Gasteiger partial charge in [-0.15, -0.1) is 0 Å². The molecule has 0 radical (unpaired) electrons. The van der Waals surface area contributed by atoms with Crippen molar-refractivity contribution in [3.8, 4) is 0 Å². The molecule has 0 saturated heterocycles. The van der Waals surface area contributed by atoms with E-state index in [1.807, 2.05) is 6.20 Å². The minimum atomic E-state index is 0.852. The van der Waals surface area contributed by atoms with Gasteiger partial charge in [-0.1, -0.05) is 6.92 Å². The molecule has 1 aromatic heterocycles. The van der Waals surface area contributed by atoms with Gasteiger partial charge >= 0.3 is 0 Å². The van der Waals surface area contributed by atoms with Gasteiger partial charge in [0.05, 0.1) is 0 Å². The quantitative estimate of drug-likeness (QED) is 0.833. The molecule has 0 amide bonds. The summed E-state index contributed by atoms with van der Waals surface area (Å²) in [5, 5.41) is 3.35. The van der Waals surface area contributed by atoms with Crippen molar-refractivity contribution in [2.24, 2.45) is 0 Å². The second kappa shape index (κ2) is 7.71. The van der Waals surface area contributed by atoms with Crippen molar-refractivity contribution >= 4 is 21.7 Å². The molecule has 102 valence electrons. The summed E-state index contributed by atoms with van der Waals surface area (Å²) in [5.74, 6) is 1.06. The van der Waals surface area contributed by atoms with Crippen molar-refractivity contribution in [2.45, 2.75) is 13.5 Å². The van der Waals surface area contributed by atoms with Crippen LogP contribution in [0.5, 0.6) is 0 Å². The fourth-order valence-corrected chi connectivity index (χ4v) is 2.04. The van der Waals surface area contributed by atoms with Crippen LogP contribution in [-0.4, -0.2) is 50.7 Å². The third kappa shape index (κ3) is 4.92. The van der Waals surface area contributed by atoms with Gasteiger partial charge < -0.3 is 15.1 Å². The molecule has 0 bridgehead atoms. The predicted molar refractivity (Wildman–Crippen MR) is 81.1 cm³/mol. The van der Waals surface area contributed by atoms with Gasteiger partial charge in [-0.2, -0.15) is 0 Å². The molecule has 18 heavy (non-hydrogen) atoms. The number of aromatic nitrogens is 1. The topological polar surface area (TPSA) is 31.4 Å². The number of hydrogen-bond acceptors (Lipinski definition) is 4. The van der Waals surface area contributed by atoms with Crippen LogP contribution < -0.4 is 10.2 Å². The Hall–Kier alpha value is -0.650. The van der Waals surface area contributed by atoms with Crippen molar-refractivity contribution in [1.82, 2.24) is 15.2 Å². The highest BCUT2D eigenvalue weighted by Gasteiger charge is 2.09. The van der Waals surface area contributed by atoms with Gasteiger partial charge in [0, 0.05) is 42.9 Å². The Morgan fingerprint density at radius 3 is 2.61 bits per heavy atom. The van der Waals surface area contributed by atoms with Crippen LogP contribution in [0.4, 0.5) is 5.82 Å². The number of hydrogen-bond donors (Lipinski definition) is 1. The molecule has 1 N–H and O–H groups in total. The molecule has 0 aromatic carbocycles. The van der Waals surface area contributed by atoms with Crippen LogP contribution in [0.3, 0.4) is 0 Å². The van der Waals surface area contributed by atoms with Crippen LogP contribution >= 0.6 is 15.9 Å². The molecular weight excluding hydrogens is 292 g/mol. The summed E-state index contributed by atoms with van der Waals surface area (Å²) in [6.07, 6.45) is 1.86. The van der Waals surface area contributed by atoms with Crippen LogP contribution in [-0.2, 0) is 6.54 Å². The Balaban J connectivity index is 2.78. The second-order valence-electron chi connectivity index (χ2n) is 4.64. The Morgan fingerprint density at radius 2 is 2.00 bits per heavy atom. The van der Waals surface area contributed by atoms with E-state index in [-0.39, 0.29) is 0 Å². The average Bonchev–Trinajstić information content (AvgIpc) is 2.33. The maximum Gasteiger partial charge on any atom is 0.132 e. The van der Waals surface area contributed by atoms with Gasteiger partial charge in [-0.05, 0) is 42.6 Å². The minimum absolute atomic E-state index is 0.852. The standard InChI is InChI=1S/C13H23BrN4/c1-5-15-9-11-8-12(14)10-16-13(11)18(4)7-6-17(2)3/h8,10,15H,5-7,9H2,1-4H3. The molecule has 1 heterocycles. The summed E-state index contributed by atoms with van der Waals surface area (Å²) in [5.41, 5.74) is 1.23. The molecule has 0 spiro atoms. The number of nitrogens with zero attached hydrogens (tertiary/aromatic N) is 3. The largest absolute Gasteiger partial charge is 0.358 e. The first-order valence-electron chi connectivity index (χ1n) is 6.25. The summed E-state index contributed by atoms with van der Waals surface area (Å²) < 4.78 is 1.03. The Bertz CT molecular complexity index is 368. The predicted octanol–water partition coefficient (Wildman–Crippen LogP) is 1.95. The molecule has 0 unspecified atom stereocenters. The van der Waals surface area contributed by atoms with Gasteiger partial charge in [-0.3, -0.25) is 0 Å². The normalized spacial score (nSPS) is 11.0. The summed E-state index contributed by atoms with van der Waals surface area (Å²) in [6, 6.07) is 2.14. The van der Waals surface area contributed by atoms with E-state index in [2.05, 4.69) is 70.2 Å². The smallest absolute Gasteiger partial charge is 0.132 e. The molecule has 0 aliphatic rings. The van der Waals surface area contributed by atoms with Crippen LogP contribution in [0.2, 0.25) is 0 Å². The first kappa shape index (κ1) is 15.4. The average molecular weight is 315 g/mol. The van der Waals surface area contributed by atoms with E-state index in [1.54, 1.807) is 0 Å². The van der Waals surface area contributed by atoms with E-state index >= 15 is 0 Å². The van der Waals surface area contributed by atoms with Crippen LogP contribution in [0, 0.1) is 0 Å². The molecule has 0 aliphatic heterocycles. The maximum atomic E-state index is 4.53. The van der Waals surface area contributed by atoms with Crippen LogP contribution in [0.25, 0.3) is 0 Å². The van der Waals surface area contributed by atoms with E-state index in [1.165, 1.54) is 5.56 Å². The van der Waals surface area contributed by atoms with Gasteiger partial charge in [0.25, 0.3) is 0 Å². The third-order valence-electron chi connectivity index (χ3n) is 2.72. The third-order valence-corrected chi connectivity index (χ3v) is 3.15. The molecule has 4 nitrogen and oxygen atoms in total. The zero-order valence-corrected chi connectivity index (χ0v) is 13.3.